The second kappa shape index (κ2) is 15.0. The highest BCUT2D eigenvalue weighted by Gasteiger charge is 2.22. The molecule has 5 aromatic heterocycles. The first-order valence-corrected chi connectivity index (χ1v) is 16.2. The number of hydrogen-bond donors (Lipinski definition) is 5. The van der Waals surface area contributed by atoms with Gasteiger partial charge in [-0.15, -0.1) is 32.9 Å². The molecule has 0 aliphatic carbocycles. The van der Waals surface area contributed by atoms with Crippen LogP contribution in [-0.4, -0.2) is 65.8 Å². The van der Waals surface area contributed by atoms with Crippen molar-refractivity contribution in [2.45, 2.75) is 13.8 Å². The van der Waals surface area contributed by atoms with E-state index in [1.54, 1.807) is 11.4 Å². The van der Waals surface area contributed by atoms with Crippen LogP contribution in [0.15, 0.2) is 55.1 Å². The van der Waals surface area contributed by atoms with Gasteiger partial charge in [-0.05, 0) is 30.3 Å². The third kappa shape index (κ3) is 8.62. The van der Waals surface area contributed by atoms with Gasteiger partial charge in [0.15, 0.2) is 5.71 Å². The molecule has 0 atom stereocenters. The third-order valence-corrected chi connectivity index (χ3v) is 7.99. The van der Waals surface area contributed by atoms with Crippen molar-refractivity contribution in [1.82, 2.24) is 35.3 Å². The van der Waals surface area contributed by atoms with Crippen molar-refractivity contribution in [1.29, 1.82) is 0 Å². The summed E-state index contributed by atoms with van der Waals surface area (Å²) in [6.07, 6.45) is 0. The number of halogens is 2. The second-order valence-electron chi connectivity index (χ2n) is 9.85. The van der Waals surface area contributed by atoms with E-state index in [0.29, 0.717) is 21.3 Å². The highest BCUT2D eigenvalue weighted by atomic mass is 35.5. The minimum absolute atomic E-state index is 0.0453. The molecule has 0 saturated heterocycles. The van der Waals surface area contributed by atoms with E-state index in [2.05, 4.69) is 67.1 Å². The second-order valence-corrected chi connectivity index (χ2v) is 12.1. The van der Waals surface area contributed by atoms with Crippen LogP contribution in [0, 0.1) is 5.82 Å². The molecule has 0 spiro atoms. The van der Waals surface area contributed by atoms with Crippen LogP contribution in [0.3, 0.4) is 0 Å². The molecule has 0 unspecified atom stereocenters. The van der Waals surface area contributed by atoms with Crippen molar-refractivity contribution in [3.8, 4) is 0 Å². The summed E-state index contributed by atoms with van der Waals surface area (Å²) in [4.78, 5) is 53.5. The lowest BCUT2D eigenvalue weighted by Gasteiger charge is -2.09. The fourth-order valence-corrected chi connectivity index (χ4v) is 5.84. The van der Waals surface area contributed by atoms with Crippen LogP contribution in [0.2, 0.25) is 5.02 Å². The molecule has 0 radical (unpaired) electrons. The van der Waals surface area contributed by atoms with Gasteiger partial charge in [-0.3, -0.25) is 25.0 Å². The summed E-state index contributed by atoms with van der Waals surface area (Å²) in [6.45, 7) is 2.73. The Morgan fingerprint density at radius 1 is 0.784 bits per heavy atom. The minimum Gasteiger partial charge on any atom is -0.401 e. The van der Waals surface area contributed by atoms with Gasteiger partial charge in [-0.25, -0.2) is 4.39 Å². The topological polar surface area (TPSA) is 249 Å². The van der Waals surface area contributed by atoms with Gasteiger partial charge in [0.2, 0.25) is 29.7 Å². The van der Waals surface area contributed by atoms with Crippen molar-refractivity contribution in [3.05, 3.63) is 74.8 Å². The standard InChI is InChI=1S/C28H21ClFN13O6S2/c1-11(44)31-18-6-13(9-50-18)20(43-47-3)22-39-41-27(48-22)37-25-34-24(33-15-4-5-17(30)16(29)8-15)35-26(36-25)38-28-42-40-23(49-28)21(46)14-7-19(51-10-14)32-12(2)45/h4-10H,1-3H3,(H,31,44)(H,32,45)(H3,33,34,35,36,37,38,41,42). The van der Waals surface area contributed by atoms with Crippen LogP contribution in [0.25, 0.3) is 0 Å². The largest absolute Gasteiger partial charge is 0.401 e. The van der Waals surface area contributed by atoms with E-state index in [-0.39, 0.29) is 69.8 Å². The number of anilines is 8. The van der Waals surface area contributed by atoms with Crippen LogP contribution in [0.5, 0.6) is 0 Å². The van der Waals surface area contributed by atoms with Gasteiger partial charge >= 0.3 is 12.0 Å². The first-order chi connectivity index (χ1) is 24.5. The van der Waals surface area contributed by atoms with Gasteiger partial charge in [0.05, 0.1) is 15.0 Å². The van der Waals surface area contributed by atoms with Crippen molar-refractivity contribution in [2.75, 3.05) is 33.7 Å². The molecule has 5 N–H and O–H groups in total. The van der Waals surface area contributed by atoms with E-state index < -0.39 is 11.6 Å². The Morgan fingerprint density at radius 3 is 1.92 bits per heavy atom. The summed E-state index contributed by atoms with van der Waals surface area (Å²) in [6, 6.07) is 6.60. The number of carbonyl (C=O) groups excluding carboxylic acids is 3. The third-order valence-electron chi connectivity index (χ3n) is 6.01. The Hall–Kier alpha value is -6.39. The van der Waals surface area contributed by atoms with Gasteiger partial charge < -0.3 is 29.6 Å². The molecule has 0 saturated carbocycles. The van der Waals surface area contributed by atoms with E-state index >= 15 is 0 Å². The molecule has 19 nitrogen and oxygen atoms in total. The molecule has 5 heterocycles. The molecule has 51 heavy (non-hydrogen) atoms. The molecule has 6 aromatic rings. The summed E-state index contributed by atoms with van der Waals surface area (Å²) in [5.74, 6) is -2.50. The SMILES string of the molecule is CON=C(c1csc(NC(C)=O)c1)c1nnc(Nc2nc(Nc3ccc(F)c(Cl)c3)nc(Nc3nnc(C(=O)c4csc(NC(C)=O)c4)o3)n2)o1. The van der Waals surface area contributed by atoms with Crippen LogP contribution in [0.4, 0.5) is 50.0 Å². The van der Waals surface area contributed by atoms with Crippen LogP contribution < -0.4 is 26.6 Å². The minimum atomic E-state index is -0.629. The van der Waals surface area contributed by atoms with Gasteiger partial charge in [0, 0.05) is 41.4 Å². The highest BCUT2D eigenvalue weighted by Crippen LogP contribution is 2.27. The Bertz CT molecular complexity index is 2290. The fraction of sp³-hybridized carbons (Fsp3) is 0.107. The van der Waals surface area contributed by atoms with Crippen LogP contribution in [0.1, 0.15) is 41.6 Å². The number of ketones is 1. The van der Waals surface area contributed by atoms with Crippen molar-refractivity contribution >= 4 is 103 Å². The molecule has 0 aliphatic heterocycles. The quantitative estimate of drug-likeness (QED) is 0.0568. The van der Waals surface area contributed by atoms with Gasteiger partial charge in [0.1, 0.15) is 12.9 Å². The maximum Gasteiger partial charge on any atom is 0.322 e. The molecular weight excluding hydrogens is 733 g/mol. The smallest absolute Gasteiger partial charge is 0.322 e. The molecule has 6 rings (SSSR count). The molecule has 0 aliphatic rings. The molecule has 260 valence electrons. The molecular formula is C28H21ClFN13O6S2. The number of nitrogens with one attached hydrogen (secondary N) is 5. The zero-order chi connectivity index (χ0) is 36.1. The Morgan fingerprint density at radius 2 is 1.33 bits per heavy atom. The first kappa shape index (κ1) is 34.5. The number of benzene rings is 1. The summed E-state index contributed by atoms with van der Waals surface area (Å²) in [5.41, 5.74) is 1.26. The molecule has 23 heteroatoms. The van der Waals surface area contributed by atoms with Crippen LogP contribution >= 0.6 is 34.3 Å². The number of carbonyl (C=O) groups is 3. The zero-order valence-electron chi connectivity index (χ0n) is 26.1. The lowest BCUT2D eigenvalue weighted by atomic mass is 10.2. The number of aromatic nitrogens is 7. The average molecular weight is 754 g/mol. The summed E-state index contributed by atoms with van der Waals surface area (Å²) in [5, 5.41) is 37.4. The van der Waals surface area contributed by atoms with Gasteiger partial charge in [0.25, 0.3) is 17.6 Å². The van der Waals surface area contributed by atoms with E-state index in [4.69, 9.17) is 25.3 Å². The number of amides is 2. The lowest BCUT2D eigenvalue weighted by molar-refractivity contribution is -0.115. The highest BCUT2D eigenvalue weighted by molar-refractivity contribution is 7.15. The van der Waals surface area contributed by atoms with Gasteiger partial charge in [-0.1, -0.05) is 27.0 Å². The zero-order valence-corrected chi connectivity index (χ0v) is 28.5. The van der Waals surface area contributed by atoms with Crippen LogP contribution in [-0.2, 0) is 14.4 Å². The molecule has 2 amide bonds. The Labute approximate surface area is 297 Å². The average Bonchev–Trinajstić information content (AvgIpc) is 3.90. The fourth-order valence-electron chi connectivity index (χ4n) is 4.00. The van der Waals surface area contributed by atoms with E-state index in [1.807, 2.05) is 0 Å². The lowest BCUT2D eigenvalue weighted by Crippen LogP contribution is -2.07. The molecule has 1 aromatic carbocycles. The summed E-state index contributed by atoms with van der Waals surface area (Å²) in [7, 11) is 1.34. The van der Waals surface area contributed by atoms with E-state index in [9.17, 15) is 18.8 Å². The number of rotatable bonds is 13. The van der Waals surface area contributed by atoms with E-state index in [1.165, 1.54) is 55.9 Å². The number of hydrogen-bond acceptors (Lipinski definition) is 19. The predicted molar refractivity (Wildman–Crippen MR) is 183 cm³/mol. The molecule has 0 bridgehead atoms. The normalized spacial score (nSPS) is 11.2. The maximum absolute atomic E-state index is 13.8. The number of thiophene rings is 2. The maximum atomic E-state index is 13.8. The van der Waals surface area contributed by atoms with Gasteiger partial charge in [-0.2, -0.15) is 15.0 Å². The predicted octanol–water partition coefficient (Wildman–Crippen LogP) is 5.33. The Balaban J connectivity index is 1.25. The van der Waals surface area contributed by atoms with Crippen molar-refractivity contribution in [3.63, 3.8) is 0 Å². The van der Waals surface area contributed by atoms with E-state index in [0.717, 1.165) is 17.4 Å². The molecule has 0 fully saturated rings. The van der Waals surface area contributed by atoms with Crippen molar-refractivity contribution < 1.29 is 32.4 Å². The van der Waals surface area contributed by atoms with Crippen molar-refractivity contribution in [2.24, 2.45) is 5.16 Å². The Kier molecular flexibility index (Phi) is 10.2. The monoisotopic (exact) mass is 753 g/mol. The first-order valence-electron chi connectivity index (χ1n) is 14.1. The summed E-state index contributed by atoms with van der Waals surface area (Å²) < 4.78 is 25.1. The summed E-state index contributed by atoms with van der Waals surface area (Å²) >= 11 is 8.35. The number of nitrogens with zero attached hydrogens (tertiary/aromatic N) is 8. The number of oxime groups is 1.